The fourth-order valence-corrected chi connectivity index (χ4v) is 2.98. The van der Waals surface area contributed by atoms with Crippen LogP contribution < -0.4 is 19.7 Å². The van der Waals surface area contributed by atoms with Gasteiger partial charge in [-0.1, -0.05) is 12.1 Å². The molecule has 2 aromatic carbocycles. The fourth-order valence-electron chi connectivity index (χ4n) is 2.98. The first-order valence-electron chi connectivity index (χ1n) is 8.49. The number of imide groups is 1. The summed E-state index contributed by atoms with van der Waals surface area (Å²) >= 11 is 0. The molecule has 0 bridgehead atoms. The molecule has 6 heteroatoms. The molecule has 1 fully saturated rings. The van der Waals surface area contributed by atoms with Crippen molar-refractivity contribution in [1.82, 2.24) is 5.32 Å². The Kier molecular flexibility index (Phi) is 5.53. The summed E-state index contributed by atoms with van der Waals surface area (Å²) in [5.41, 5.74) is 1.71. The van der Waals surface area contributed by atoms with E-state index in [1.54, 1.807) is 38.5 Å². The summed E-state index contributed by atoms with van der Waals surface area (Å²) in [7, 11) is 3.21. The van der Waals surface area contributed by atoms with Gasteiger partial charge in [0, 0.05) is 0 Å². The van der Waals surface area contributed by atoms with Crippen LogP contribution in [0.5, 0.6) is 11.5 Å². The molecule has 26 heavy (non-hydrogen) atoms. The lowest BCUT2D eigenvalue weighted by Crippen LogP contribution is -2.39. The van der Waals surface area contributed by atoms with Gasteiger partial charge in [0.1, 0.15) is 11.5 Å². The van der Waals surface area contributed by atoms with Gasteiger partial charge in [0.25, 0.3) is 5.91 Å². The Balaban J connectivity index is 1.57. The van der Waals surface area contributed by atoms with Crippen molar-refractivity contribution < 1.29 is 19.1 Å². The Labute approximate surface area is 152 Å². The molecule has 0 saturated carbocycles. The van der Waals surface area contributed by atoms with E-state index in [2.05, 4.69) is 5.32 Å². The lowest BCUT2D eigenvalue weighted by molar-refractivity contribution is -0.121. The van der Waals surface area contributed by atoms with Gasteiger partial charge in [-0.25, -0.2) is 4.90 Å². The minimum atomic E-state index is -0.483. The standard InChI is InChI=1S/C20H22N2O4/c1-25-16-7-3-14(4-8-16)11-12-21-18-13-19(23)22(20(18)24)15-5-9-17(26-2)10-6-15/h3-10,18,21H,11-13H2,1-2H3. The number of rotatable bonds is 7. The van der Waals surface area contributed by atoms with Crippen LogP contribution >= 0.6 is 0 Å². The molecule has 2 amide bonds. The van der Waals surface area contributed by atoms with E-state index in [1.807, 2.05) is 24.3 Å². The third-order valence-corrected chi connectivity index (χ3v) is 4.44. The average molecular weight is 354 g/mol. The molecule has 3 rings (SSSR count). The van der Waals surface area contributed by atoms with E-state index in [0.717, 1.165) is 17.7 Å². The van der Waals surface area contributed by atoms with Crippen LogP contribution in [-0.2, 0) is 16.0 Å². The highest BCUT2D eigenvalue weighted by atomic mass is 16.5. The number of benzene rings is 2. The summed E-state index contributed by atoms with van der Waals surface area (Å²) in [5, 5.41) is 3.19. The quantitative estimate of drug-likeness (QED) is 0.772. The van der Waals surface area contributed by atoms with E-state index in [4.69, 9.17) is 9.47 Å². The maximum Gasteiger partial charge on any atom is 0.251 e. The number of nitrogens with one attached hydrogen (secondary N) is 1. The highest BCUT2D eigenvalue weighted by Gasteiger charge is 2.39. The smallest absolute Gasteiger partial charge is 0.251 e. The van der Waals surface area contributed by atoms with Crippen LogP contribution in [0.4, 0.5) is 5.69 Å². The summed E-state index contributed by atoms with van der Waals surface area (Å²) < 4.78 is 10.2. The summed E-state index contributed by atoms with van der Waals surface area (Å²) in [4.78, 5) is 26.1. The van der Waals surface area contributed by atoms with Crippen molar-refractivity contribution in [2.75, 3.05) is 25.7 Å². The van der Waals surface area contributed by atoms with Crippen molar-refractivity contribution in [2.24, 2.45) is 0 Å². The molecule has 0 radical (unpaired) electrons. The molecule has 0 aromatic heterocycles. The Morgan fingerprint density at radius 1 is 0.962 bits per heavy atom. The summed E-state index contributed by atoms with van der Waals surface area (Å²) in [6, 6.07) is 14.2. The maximum atomic E-state index is 12.6. The number of nitrogens with zero attached hydrogens (tertiary/aromatic N) is 1. The zero-order chi connectivity index (χ0) is 18.5. The Morgan fingerprint density at radius 2 is 1.54 bits per heavy atom. The van der Waals surface area contributed by atoms with E-state index >= 15 is 0 Å². The molecule has 1 aliphatic rings. The van der Waals surface area contributed by atoms with Crippen molar-refractivity contribution in [2.45, 2.75) is 18.9 Å². The van der Waals surface area contributed by atoms with Crippen LogP contribution in [0.15, 0.2) is 48.5 Å². The van der Waals surface area contributed by atoms with Gasteiger partial charge in [0.05, 0.1) is 32.4 Å². The topological polar surface area (TPSA) is 67.9 Å². The summed E-state index contributed by atoms with van der Waals surface area (Å²) in [5.74, 6) is 1.09. The monoisotopic (exact) mass is 354 g/mol. The van der Waals surface area contributed by atoms with E-state index in [9.17, 15) is 9.59 Å². The second-order valence-electron chi connectivity index (χ2n) is 6.07. The molecule has 0 aliphatic carbocycles. The molecular formula is C20H22N2O4. The van der Waals surface area contributed by atoms with Gasteiger partial charge in [-0.15, -0.1) is 0 Å². The largest absolute Gasteiger partial charge is 0.497 e. The van der Waals surface area contributed by atoms with Gasteiger partial charge < -0.3 is 14.8 Å². The normalized spacial score (nSPS) is 16.8. The van der Waals surface area contributed by atoms with Crippen LogP contribution in [-0.4, -0.2) is 38.6 Å². The summed E-state index contributed by atoms with van der Waals surface area (Å²) in [6.45, 7) is 0.618. The number of hydrogen-bond acceptors (Lipinski definition) is 5. The van der Waals surface area contributed by atoms with Crippen LogP contribution in [0.2, 0.25) is 0 Å². The number of carbonyl (C=O) groups is 2. The predicted octanol–water partition coefficient (Wildman–Crippen LogP) is 2.17. The number of ether oxygens (including phenoxy) is 2. The van der Waals surface area contributed by atoms with Crippen LogP contribution in [0.1, 0.15) is 12.0 Å². The molecule has 1 unspecified atom stereocenters. The van der Waals surface area contributed by atoms with Gasteiger partial charge in [0.15, 0.2) is 0 Å². The first kappa shape index (κ1) is 17.9. The van der Waals surface area contributed by atoms with Crippen molar-refractivity contribution in [1.29, 1.82) is 0 Å². The minimum absolute atomic E-state index is 0.174. The molecule has 2 aromatic rings. The number of hydrogen-bond donors (Lipinski definition) is 1. The number of carbonyl (C=O) groups excluding carboxylic acids is 2. The van der Waals surface area contributed by atoms with Crippen molar-refractivity contribution >= 4 is 17.5 Å². The van der Waals surface area contributed by atoms with E-state index in [-0.39, 0.29) is 18.2 Å². The van der Waals surface area contributed by atoms with E-state index < -0.39 is 6.04 Å². The zero-order valence-electron chi connectivity index (χ0n) is 14.9. The fraction of sp³-hybridized carbons (Fsp3) is 0.300. The van der Waals surface area contributed by atoms with Gasteiger partial charge in [-0.05, 0) is 54.9 Å². The third-order valence-electron chi connectivity index (χ3n) is 4.44. The van der Waals surface area contributed by atoms with E-state index in [0.29, 0.717) is 18.0 Å². The van der Waals surface area contributed by atoms with Gasteiger partial charge in [0.2, 0.25) is 5.91 Å². The molecule has 136 valence electrons. The summed E-state index contributed by atoms with van der Waals surface area (Å²) in [6.07, 6.45) is 0.942. The average Bonchev–Trinajstić information content (AvgIpc) is 2.96. The molecule has 1 aliphatic heterocycles. The number of methoxy groups -OCH3 is 2. The van der Waals surface area contributed by atoms with Gasteiger partial charge >= 0.3 is 0 Å². The predicted molar refractivity (Wildman–Crippen MR) is 98.6 cm³/mol. The highest BCUT2D eigenvalue weighted by Crippen LogP contribution is 2.25. The molecule has 1 heterocycles. The highest BCUT2D eigenvalue weighted by molar-refractivity contribution is 6.22. The second-order valence-corrected chi connectivity index (χ2v) is 6.07. The van der Waals surface area contributed by atoms with Crippen LogP contribution in [0, 0.1) is 0 Å². The van der Waals surface area contributed by atoms with Gasteiger partial charge in [-0.2, -0.15) is 0 Å². The number of amides is 2. The van der Waals surface area contributed by atoms with Crippen molar-refractivity contribution in [3.63, 3.8) is 0 Å². The minimum Gasteiger partial charge on any atom is -0.497 e. The van der Waals surface area contributed by atoms with Crippen LogP contribution in [0.25, 0.3) is 0 Å². The molecule has 1 N–H and O–H groups in total. The first-order chi connectivity index (χ1) is 12.6. The molecule has 1 atom stereocenters. The number of anilines is 1. The third kappa shape index (κ3) is 3.86. The first-order valence-corrected chi connectivity index (χ1v) is 8.49. The van der Waals surface area contributed by atoms with E-state index in [1.165, 1.54) is 4.90 Å². The SMILES string of the molecule is COc1ccc(CCNC2CC(=O)N(c3ccc(OC)cc3)C2=O)cc1. The van der Waals surface area contributed by atoms with Crippen LogP contribution in [0.3, 0.4) is 0 Å². The zero-order valence-corrected chi connectivity index (χ0v) is 14.9. The maximum absolute atomic E-state index is 12.6. The Bertz CT molecular complexity index is 771. The van der Waals surface area contributed by atoms with Gasteiger partial charge in [-0.3, -0.25) is 9.59 Å². The lowest BCUT2D eigenvalue weighted by Gasteiger charge is -2.16. The Morgan fingerprint density at radius 3 is 2.12 bits per heavy atom. The Hall–Kier alpha value is -2.86. The molecule has 1 saturated heterocycles. The molecule has 6 nitrogen and oxygen atoms in total. The lowest BCUT2D eigenvalue weighted by atomic mass is 10.1. The second kappa shape index (κ2) is 8.01. The molecular weight excluding hydrogens is 332 g/mol. The van der Waals surface area contributed by atoms with Crippen molar-refractivity contribution in [3.8, 4) is 11.5 Å². The molecule has 0 spiro atoms. The van der Waals surface area contributed by atoms with Crippen molar-refractivity contribution in [3.05, 3.63) is 54.1 Å².